The standard InChI is InChI=1S/C17H14N2O3S2/c20-13(21)9-23-17-18-14-15(22)11-7-4-8-12(11)24-16(14)19(17)10-5-2-1-3-6-10/h1-3,5-6H,4,7-9H2,(H,20,21). The van der Waals surface area contributed by atoms with Gasteiger partial charge in [0.1, 0.15) is 10.3 Å². The fourth-order valence-electron chi connectivity index (χ4n) is 2.98. The van der Waals surface area contributed by atoms with Crippen LogP contribution in [0.5, 0.6) is 0 Å². The van der Waals surface area contributed by atoms with Crippen molar-refractivity contribution in [2.45, 2.75) is 24.4 Å². The molecule has 0 bridgehead atoms. The minimum Gasteiger partial charge on any atom is -0.481 e. The van der Waals surface area contributed by atoms with Gasteiger partial charge in [-0.2, -0.15) is 0 Å². The first-order chi connectivity index (χ1) is 11.6. The average molecular weight is 358 g/mol. The van der Waals surface area contributed by atoms with Gasteiger partial charge >= 0.3 is 5.97 Å². The van der Waals surface area contributed by atoms with Crippen molar-refractivity contribution in [2.24, 2.45) is 0 Å². The van der Waals surface area contributed by atoms with Gasteiger partial charge in [-0.3, -0.25) is 14.2 Å². The molecule has 0 radical (unpaired) electrons. The molecule has 0 saturated heterocycles. The van der Waals surface area contributed by atoms with E-state index in [0.29, 0.717) is 10.7 Å². The smallest absolute Gasteiger partial charge is 0.313 e. The normalized spacial score (nSPS) is 13.3. The van der Waals surface area contributed by atoms with E-state index in [2.05, 4.69) is 4.98 Å². The van der Waals surface area contributed by atoms with Crippen molar-refractivity contribution < 1.29 is 9.90 Å². The van der Waals surface area contributed by atoms with Gasteiger partial charge in [-0.15, -0.1) is 11.3 Å². The van der Waals surface area contributed by atoms with Crippen molar-refractivity contribution in [2.75, 3.05) is 5.75 Å². The van der Waals surface area contributed by atoms with Crippen LogP contribution in [0, 0.1) is 0 Å². The lowest BCUT2D eigenvalue weighted by Crippen LogP contribution is -2.07. The summed E-state index contributed by atoms with van der Waals surface area (Å²) in [6.45, 7) is 0. The van der Waals surface area contributed by atoms with Crippen LogP contribution in [0.4, 0.5) is 0 Å². The second-order valence-corrected chi connectivity index (χ2v) is 7.61. The van der Waals surface area contributed by atoms with E-state index in [1.807, 2.05) is 34.9 Å². The molecular formula is C17H14N2O3S2. The number of aromatic nitrogens is 2. The Morgan fingerprint density at radius 1 is 1.29 bits per heavy atom. The molecule has 122 valence electrons. The van der Waals surface area contributed by atoms with Gasteiger partial charge in [0.05, 0.1) is 5.75 Å². The summed E-state index contributed by atoms with van der Waals surface area (Å²) in [5, 5.41) is 9.54. The first kappa shape index (κ1) is 15.4. The molecule has 7 heteroatoms. The summed E-state index contributed by atoms with van der Waals surface area (Å²) in [4.78, 5) is 30.2. The Morgan fingerprint density at radius 3 is 2.83 bits per heavy atom. The predicted octanol–water partition coefficient (Wildman–Crippen LogP) is 3.11. The number of imidazole rings is 1. The lowest BCUT2D eigenvalue weighted by Gasteiger charge is -2.08. The Bertz CT molecular complexity index is 992. The summed E-state index contributed by atoms with van der Waals surface area (Å²) in [7, 11) is 0. The quantitative estimate of drug-likeness (QED) is 0.726. The van der Waals surface area contributed by atoms with Crippen molar-refractivity contribution >= 4 is 39.4 Å². The number of rotatable bonds is 4. The highest BCUT2D eigenvalue weighted by Crippen LogP contribution is 2.33. The van der Waals surface area contributed by atoms with E-state index in [0.717, 1.165) is 52.0 Å². The van der Waals surface area contributed by atoms with Crippen LogP contribution in [0.2, 0.25) is 0 Å². The zero-order chi connectivity index (χ0) is 16.7. The van der Waals surface area contributed by atoms with Gasteiger partial charge in [0.15, 0.2) is 5.16 Å². The number of aliphatic carboxylic acids is 1. The summed E-state index contributed by atoms with van der Waals surface area (Å²) in [6, 6.07) is 9.64. The van der Waals surface area contributed by atoms with Crippen LogP contribution < -0.4 is 5.43 Å². The highest BCUT2D eigenvalue weighted by atomic mass is 32.2. The molecule has 24 heavy (non-hydrogen) atoms. The molecule has 4 rings (SSSR count). The summed E-state index contributed by atoms with van der Waals surface area (Å²) in [5.74, 6) is -0.991. The molecule has 1 aromatic carbocycles. The predicted molar refractivity (Wildman–Crippen MR) is 95.6 cm³/mol. The van der Waals surface area contributed by atoms with Crippen LogP contribution in [0.1, 0.15) is 16.9 Å². The molecule has 0 fully saturated rings. The maximum absolute atomic E-state index is 12.8. The lowest BCUT2D eigenvalue weighted by molar-refractivity contribution is -0.133. The third-order valence-electron chi connectivity index (χ3n) is 4.02. The molecule has 1 N–H and O–H groups in total. The van der Waals surface area contributed by atoms with E-state index in [-0.39, 0.29) is 11.2 Å². The topological polar surface area (TPSA) is 72.2 Å². The number of hydrogen-bond acceptors (Lipinski definition) is 5. The molecule has 2 aromatic heterocycles. The van der Waals surface area contributed by atoms with E-state index in [9.17, 15) is 9.59 Å². The number of nitrogens with zero attached hydrogens (tertiary/aromatic N) is 2. The van der Waals surface area contributed by atoms with Crippen LogP contribution in [0.3, 0.4) is 0 Å². The second kappa shape index (κ2) is 6.07. The highest BCUT2D eigenvalue weighted by Gasteiger charge is 2.23. The monoisotopic (exact) mass is 358 g/mol. The van der Waals surface area contributed by atoms with E-state index >= 15 is 0 Å². The minimum absolute atomic E-state index is 0.00288. The maximum atomic E-state index is 12.8. The molecule has 0 spiro atoms. The fourth-order valence-corrected chi connectivity index (χ4v) is 5.09. The molecule has 0 aliphatic heterocycles. The van der Waals surface area contributed by atoms with Gasteiger partial charge in [0.25, 0.3) is 0 Å². The van der Waals surface area contributed by atoms with E-state index in [4.69, 9.17) is 5.11 Å². The Balaban J connectivity index is 1.98. The third-order valence-corrected chi connectivity index (χ3v) is 6.21. The Hall–Kier alpha value is -2.12. The average Bonchev–Trinajstić information content (AvgIpc) is 3.18. The molecule has 0 atom stereocenters. The molecule has 1 aliphatic carbocycles. The third kappa shape index (κ3) is 2.53. The van der Waals surface area contributed by atoms with Crippen molar-refractivity contribution in [3.63, 3.8) is 0 Å². The first-order valence-corrected chi connectivity index (χ1v) is 9.42. The summed E-state index contributed by atoms with van der Waals surface area (Å²) < 4.78 is 1.91. The number of thioether (sulfide) groups is 1. The molecule has 2 heterocycles. The van der Waals surface area contributed by atoms with Crippen LogP contribution in [0.25, 0.3) is 16.0 Å². The SMILES string of the molecule is O=C(O)CSc1nc2c(=O)c3c(sc2n1-c1ccccc1)CCC3. The number of fused-ring (bicyclic) bond motifs is 2. The van der Waals surface area contributed by atoms with Crippen molar-refractivity contribution in [1.29, 1.82) is 0 Å². The zero-order valence-corrected chi connectivity index (χ0v) is 14.3. The number of carbonyl (C=O) groups is 1. The fraction of sp³-hybridized carbons (Fsp3) is 0.235. The molecule has 5 nitrogen and oxygen atoms in total. The van der Waals surface area contributed by atoms with Crippen molar-refractivity contribution in [1.82, 2.24) is 9.55 Å². The number of para-hydroxylation sites is 1. The zero-order valence-electron chi connectivity index (χ0n) is 12.7. The van der Waals surface area contributed by atoms with Gasteiger partial charge in [-0.25, -0.2) is 4.98 Å². The van der Waals surface area contributed by atoms with Gasteiger partial charge in [0, 0.05) is 16.1 Å². The maximum Gasteiger partial charge on any atom is 0.313 e. The molecule has 0 unspecified atom stereocenters. The molecule has 0 amide bonds. The van der Waals surface area contributed by atoms with Crippen LogP contribution in [-0.2, 0) is 17.6 Å². The van der Waals surface area contributed by atoms with Gasteiger partial charge < -0.3 is 5.11 Å². The first-order valence-electron chi connectivity index (χ1n) is 7.62. The number of carboxylic acids is 1. The number of carboxylic acid groups (broad SMARTS) is 1. The summed E-state index contributed by atoms with van der Waals surface area (Å²) in [6.07, 6.45) is 2.76. The molecular weight excluding hydrogens is 344 g/mol. The number of aryl methyl sites for hydroxylation is 1. The highest BCUT2D eigenvalue weighted by molar-refractivity contribution is 7.99. The Kier molecular flexibility index (Phi) is 3.90. The largest absolute Gasteiger partial charge is 0.481 e. The van der Waals surface area contributed by atoms with Crippen molar-refractivity contribution in [3.05, 3.63) is 51.0 Å². The van der Waals surface area contributed by atoms with Crippen LogP contribution >= 0.6 is 23.1 Å². The van der Waals surface area contributed by atoms with E-state index in [1.165, 1.54) is 0 Å². The molecule has 3 aromatic rings. The van der Waals surface area contributed by atoms with E-state index < -0.39 is 5.97 Å². The lowest BCUT2D eigenvalue weighted by atomic mass is 10.2. The summed E-state index contributed by atoms with van der Waals surface area (Å²) >= 11 is 2.75. The van der Waals surface area contributed by atoms with Gasteiger partial charge in [-0.05, 0) is 31.4 Å². The van der Waals surface area contributed by atoms with E-state index in [1.54, 1.807) is 11.3 Å². The van der Waals surface area contributed by atoms with Crippen molar-refractivity contribution in [3.8, 4) is 5.69 Å². The van der Waals surface area contributed by atoms with Crippen LogP contribution in [-0.4, -0.2) is 26.4 Å². The number of benzene rings is 1. The minimum atomic E-state index is -0.903. The van der Waals surface area contributed by atoms with Gasteiger partial charge in [0.2, 0.25) is 5.43 Å². The second-order valence-electron chi connectivity index (χ2n) is 5.59. The summed E-state index contributed by atoms with van der Waals surface area (Å²) in [5.41, 5.74) is 2.24. The Labute approximate surface area is 146 Å². The van der Waals surface area contributed by atoms with Gasteiger partial charge in [-0.1, -0.05) is 30.0 Å². The Morgan fingerprint density at radius 2 is 2.08 bits per heavy atom. The number of hydrogen-bond donors (Lipinski definition) is 1. The molecule has 1 aliphatic rings. The van der Waals surface area contributed by atoms with Crippen LogP contribution in [0.15, 0.2) is 40.3 Å². The molecule has 0 saturated carbocycles.